The van der Waals surface area contributed by atoms with Gasteiger partial charge in [0.2, 0.25) is 9.84 Å². The number of nitrogens with zero attached hydrogens (tertiary/aromatic N) is 1. The quantitative estimate of drug-likeness (QED) is 0.798. The van der Waals surface area contributed by atoms with Gasteiger partial charge in [0, 0.05) is 19.0 Å². The van der Waals surface area contributed by atoms with E-state index in [2.05, 4.69) is 0 Å². The number of sulfone groups is 1. The Bertz CT molecular complexity index is 1070. The topological polar surface area (TPSA) is 88.6 Å². The van der Waals surface area contributed by atoms with Crippen molar-refractivity contribution in [2.45, 2.75) is 23.1 Å². The summed E-state index contributed by atoms with van der Waals surface area (Å²) in [6.07, 6.45) is 0.839. The zero-order chi connectivity index (χ0) is 18.9. The molecule has 3 rings (SSSR count). The zero-order valence-corrected chi connectivity index (χ0v) is 15.6. The molecule has 1 aliphatic rings. The van der Waals surface area contributed by atoms with Crippen LogP contribution >= 0.6 is 0 Å². The summed E-state index contributed by atoms with van der Waals surface area (Å²) in [5.41, 5.74) is 0.894. The molecule has 2 aromatic rings. The van der Waals surface area contributed by atoms with Crippen LogP contribution in [0.5, 0.6) is 0 Å². The molecule has 0 fully saturated rings. The highest BCUT2D eigenvalue weighted by atomic mass is 32.2. The van der Waals surface area contributed by atoms with Gasteiger partial charge in [-0.15, -0.1) is 0 Å². The summed E-state index contributed by atoms with van der Waals surface area (Å²) in [6.45, 7) is 1.61. The van der Waals surface area contributed by atoms with Gasteiger partial charge in [-0.05, 0) is 31.2 Å². The SMILES string of the molecule is Cc1ccc(S(=O)(=O)N2CCC(S(=O)(=O)c3ccccc3)=CC2=O)cc1. The summed E-state index contributed by atoms with van der Waals surface area (Å²) in [6, 6.07) is 13.9. The Morgan fingerprint density at radius 1 is 0.846 bits per heavy atom. The third kappa shape index (κ3) is 3.30. The van der Waals surface area contributed by atoms with Crippen molar-refractivity contribution in [1.82, 2.24) is 4.31 Å². The zero-order valence-electron chi connectivity index (χ0n) is 14.0. The first kappa shape index (κ1) is 18.3. The van der Waals surface area contributed by atoms with Crippen molar-refractivity contribution in [1.29, 1.82) is 0 Å². The lowest BCUT2D eigenvalue weighted by atomic mass is 10.2. The molecule has 1 aliphatic heterocycles. The van der Waals surface area contributed by atoms with Gasteiger partial charge in [0.05, 0.1) is 14.7 Å². The molecule has 0 radical (unpaired) electrons. The van der Waals surface area contributed by atoms with Crippen LogP contribution in [0.15, 0.2) is 75.4 Å². The average molecular weight is 391 g/mol. The third-order valence-corrected chi connectivity index (χ3v) is 7.81. The van der Waals surface area contributed by atoms with E-state index in [1.807, 2.05) is 6.92 Å². The first-order valence-electron chi connectivity index (χ1n) is 7.87. The van der Waals surface area contributed by atoms with E-state index in [0.717, 1.165) is 11.6 Å². The van der Waals surface area contributed by atoms with Crippen molar-refractivity contribution in [3.8, 4) is 0 Å². The van der Waals surface area contributed by atoms with Crippen molar-refractivity contribution in [3.05, 3.63) is 71.1 Å². The van der Waals surface area contributed by atoms with Crippen LogP contribution in [0, 0.1) is 6.92 Å². The molecule has 0 atom stereocenters. The van der Waals surface area contributed by atoms with Crippen molar-refractivity contribution in [2.75, 3.05) is 6.54 Å². The Morgan fingerprint density at radius 3 is 2.04 bits per heavy atom. The van der Waals surface area contributed by atoms with E-state index in [1.165, 1.54) is 24.3 Å². The average Bonchev–Trinajstić information content (AvgIpc) is 2.62. The Hall–Kier alpha value is -2.45. The number of carbonyl (C=O) groups excluding carboxylic acids is 1. The summed E-state index contributed by atoms with van der Waals surface area (Å²) >= 11 is 0. The van der Waals surface area contributed by atoms with Crippen molar-refractivity contribution >= 4 is 25.8 Å². The van der Waals surface area contributed by atoms with E-state index in [0.29, 0.717) is 4.31 Å². The highest BCUT2D eigenvalue weighted by Crippen LogP contribution is 2.27. The lowest BCUT2D eigenvalue weighted by Gasteiger charge is -2.25. The molecule has 0 aromatic heterocycles. The van der Waals surface area contributed by atoms with Gasteiger partial charge in [0.15, 0.2) is 0 Å². The summed E-state index contributed by atoms with van der Waals surface area (Å²) in [5, 5.41) is 0. The molecule has 0 aliphatic carbocycles. The smallest absolute Gasteiger partial charge is 0.266 e. The van der Waals surface area contributed by atoms with Gasteiger partial charge in [-0.25, -0.2) is 21.1 Å². The first-order chi connectivity index (χ1) is 12.2. The second-order valence-electron chi connectivity index (χ2n) is 5.91. The van der Waals surface area contributed by atoms with Crippen LogP contribution in [-0.2, 0) is 24.7 Å². The Labute approximate surface area is 152 Å². The predicted octanol–water partition coefficient (Wildman–Crippen LogP) is 2.27. The summed E-state index contributed by atoms with van der Waals surface area (Å²) < 4.78 is 51.2. The number of sulfonamides is 1. The van der Waals surface area contributed by atoms with Crippen LogP contribution in [-0.4, -0.2) is 33.6 Å². The second kappa shape index (κ2) is 6.69. The van der Waals surface area contributed by atoms with Gasteiger partial charge in [-0.3, -0.25) is 4.79 Å². The van der Waals surface area contributed by atoms with E-state index in [-0.39, 0.29) is 27.7 Å². The molecule has 0 N–H and O–H groups in total. The molecule has 136 valence electrons. The van der Waals surface area contributed by atoms with E-state index in [4.69, 9.17) is 0 Å². The molecular formula is C18H17NO5S2. The predicted molar refractivity (Wildman–Crippen MR) is 96.4 cm³/mol. The molecule has 0 saturated carbocycles. The van der Waals surface area contributed by atoms with E-state index < -0.39 is 25.8 Å². The standard InChI is InChI=1S/C18H17NO5S2/c1-14-7-9-16(10-8-14)26(23,24)19-12-11-17(13-18(19)20)25(21,22)15-5-3-2-4-6-15/h2-10,13H,11-12H2,1H3. The van der Waals surface area contributed by atoms with Gasteiger partial charge in [0.25, 0.3) is 15.9 Å². The number of benzene rings is 2. The fourth-order valence-corrected chi connectivity index (χ4v) is 5.43. The lowest BCUT2D eigenvalue weighted by molar-refractivity contribution is -0.122. The first-order valence-corrected chi connectivity index (χ1v) is 10.8. The fraction of sp³-hybridized carbons (Fsp3) is 0.167. The monoisotopic (exact) mass is 391 g/mol. The fourth-order valence-electron chi connectivity index (χ4n) is 2.64. The number of hydrogen-bond donors (Lipinski definition) is 0. The molecule has 2 aromatic carbocycles. The number of aryl methyl sites for hydroxylation is 1. The van der Waals surface area contributed by atoms with Crippen molar-refractivity contribution < 1.29 is 21.6 Å². The normalized spacial score (nSPS) is 15.7. The molecule has 0 saturated heterocycles. The third-order valence-electron chi connectivity index (χ3n) is 4.10. The van der Waals surface area contributed by atoms with Crippen molar-refractivity contribution in [2.24, 2.45) is 0 Å². The molecule has 1 amide bonds. The molecule has 26 heavy (non-hydrogen) atoms. The lowest BCUT2D eigenvalue weighted by Crippen LogP contribution is -2.40. The van der Waals surface area contributed by atoms with Crippen LogP contribution in [0.4, 0.5) is 0 Å². The Kier molecular flexibility index (Phi) is 4.72. The minimum absolute atomic E-state index is 0.000725. The number of amides is 1. The van der Waals surface area contributed by atoms with Crippen LogP contribution < -0.4 is 0 Å². The van der Waals surface area contributed by atoms with Gasteiger partial charge >= 0.3 is 0 Å². The minimum atomic E-state index is -4.02. The Morgan fingerprint density at radius 2 is 1.46 bits per heavy atom. The van der Waals surface area contributed by atoms with Crippen molar-refractivity contribution in [3.63, 3.8) is 0 Å². The highest BCUT2D eigenvalue weighted by molar-refractivity contribution is 7.95. The molecule has 1 heterocycles. The summed E-state index contributed by atoms with van der Waals surface area (Å²) in [4.78, 5) is 12.4. The molecule has 0 unspecified atom stereocenters. The number of carbonyl (C=O) groups is 1. The number of rotatable bonds is 4. The van der Waals surface area contributed by atoms with Gasteiger partial charge in [0.1, 0.15) is 0 Å². The summed E-state index contributed by atoms with van der Waals surface area (Å²) in [5.74, 6) is -0.855. The molecular weight excluding hydrogens is 374 g/mol. The molecule has 8 heteroatoms. The van der Waals surface area contributed by atoms with E-state index in [9.17, 15) is 21.6 Å². The van der Waals surface area contributed by atoms with Gasteiger partial charge in [-0.1, -0.05) is 35.9 Å². The highest BCUT2D eigenvalue weighted by Gasteiger charge is 2.34. The minimum Gasteiger partial charge on any atom is -0.269 e. The van der Waals surface area contributed by atoms with Crippen LogP contribution in [0.3, 0.4) is 0 Å². The van der Waals surface area contributed by atoms with E-state index in [1.54, 1.807) is 30.3 Å². The Balaban J connectivity index is 1.93. The molecule has 6 nitrogen and oxygen atoms in total. The maximum absolute atomic E-state index is 12.7. The molecule has 0 bridgehead atoms. The van der Waals surface area contributed by atoms with Gasteiger partial charge < -0.3 is 0 Å². The van der Waals surface area contributed by atoms with Crippen LogP contribution in [0.1, 0.15) is 12.0 Å². The molecule has 0 spiro atoms. The largest absolute Gasteiger partial charge is 0.269 e. The van der Waals surface area contributed by atoms with E-state index >= 15 is 0 Å². The van der Waals surface area contributed by atoms with Gasteiger partial charge in [-0.2, -0.15) is 0 Å². The summed E-state index contributed by atoms with van der Waals surface area (Å²) in [7, 11) is -7.83. The van der Waals surface area contributed by atoms with Crippen LogP contribution in [0.2, 0.25) is 0 Å². The second-order valence-corrected chi connectivity index (χ2v) is 9.77. The maximum atomic E-state index is 12.7. The number of hydrogen-bond acceptors (Lipinski definition) is 5. The maximum Gasteiger partial charge on any atom is 0.266 e. The van der Waals surface area contributed by atoms with Crippen LogP contribution in [0.25, 0.3) is 0 Å².